The first-order valence-corrected chi connectivity index (χ1v) is 17.1. The Labute approximate surface area is 302 Å². The molecule has 0 unspecified atom stereocenters. The van der Waals surface area contributed by atoms with Gasteiger partial charge in [-0.1, -0.05) is 51.1 Å². The van der Waals surface area contributed by atoms with Gasteiger partial charge in [-0.25, -0.2) is 8.78 Å². The van der Waals surface area contributed by atoms with Gasteiger partial charge in [-0.15, -0.1) is 0 Å². The molecule has 1 heterocycles. The lowest BCUT2D eigenvalue weighted by Gasteiger charge is -2.41. The number of halogens is 2. The Morgan fingerprint density at radius 3 is 2.35 bits per heavy atom. The van der Waals surface area contributed by atoms with Crippen LogP contribution in [0.5, 0.6) is 0 Å². The van der Waals surface area contributed by atoms with Gasteiger partial charge in [-0.2, -0.15) is 0 Å². The number of Topliss-reactive ketones (excluding diaryl/α,β-unsaturated/α-hetero) is 1. The lowest BCUT2D eigenvalue weighted by Crippen LogP contribution is -2.47. The molecule has 0 bridgehead atoms. The topological polar surface area (TPSA) is 173 Å². The van der Waals surface area contributed by atoms with Crippen molar-refractivity contribution in [3.63, 3.8) is 0 Å². The molecule has 2 atom stereocenters. The summed E-state index contributed by atoms with van der Waals surface area (Å²) in [5, 5.41) is 15.2. The zero-order valence-corrected chi connectivity index (χ0v) is 30.1. The average Bonchev–Trinajstić information content (AvgIpc) is 3.51. The van der Waals surface area contributed by atoms with Crippen LogP contribution in [0.1, 0.15) is 70.2 Å². The number of esters is 1. The molecule has 5 N–H and O–H groups in total. The van der Waals surface area contributed by atoms with Crippen LogP contribution in [0.3, 0.4) is 0 Å². The zero-order valence-electron chi connectivity index (χ0n) is 30.1. The molecule has 3 rings (SSSR count). The summed E-state index contributed by atoms with van der Waals surface area (Å²) in [5.41, 5.74) is 7.60. The molecule has 3 aromatic rings. The second-order valence-corrected chi connectivity index (χ2v) is 13.6. The molecule has 0 saturated heterocycles. The molecule has 0 fully saturated rings. The Hall–Kier alpha value is -4.95. The quantitative estimate of drug-likeness (QED) is 0.107. The third-order valence-corrected chi connectivity index (χ3v) is 8.45. The molecular formula is C38H49F2N5O7. The van der Waals surface area contributed by atoms with Crippen molar-refractivity contribution in [1.82, 2.24) is 20.1 Å². The summed E-state index contributed by atoms with van der Waals surface area (Å²) in [7, 11) is 1.22. The fourth-order valence-electron chi connectivity index (χ4n) is 5.83. The molecule has 0 saturated carbocycles. The van der Waals surface area contributed by atoms with Gasteiger partial charge in [-0.05, 0) is 48.1 Å². The molecule has 2 aromatic carbocycles. The minimum atomic E-state index is -1.03. The van der Waals surface area contributed by atoms with Crippen LogP contribution in [0.2, 0.25) is 0 Å². The second-order valence-electron chi connectivity index (χ2n) is 13.6. The maximum atomic E-state index is 15.0. The van der Waals surface area contributed by atoms with Crippen molar-refractivity contribution < 1.29 is 42.6 Å². The lowest BCUT2D eigenvalue weighted by atomic mass is 9.82. The van der Waals surface area contributed by atoms with Gasteiger partial charge in [0.25, 0.3) is 0 Å². The number of benzene rings is 2. The number of carbonyl (C=O) groups is 5. The molecule has 14 heteroatoms. The van der Waals surface area contributed by atoms with E-state index in [4.69, 9.17) is 5.73 Å². The number of aliphatic hydroxyl groups excluding tert-OH is 1. The molecule has 0 spiro atoms. The largest absolute Gasteiger partial charge is 0.469 e. The van der Waals surface area contributed by atoms with Crippen molar-refractivity contribution in [1.29, 1.82) is 0 Å². The highest BCUT2D eigenvalue weighted by atomic mass is 19.1. The smallest absolute Gasteiger partial charge is 0.306 e. The molecule has 282 valence electrons. The van der Waals surface area contributed by atoms with E-state index >= 15 is 0 Å². The van der Waals surface area contributed by atoms with Crippen LogP contribution in [0.25, 0.3) is 11.1 Å². The number of carbonyl (C=O) groups excluding carboxylic acids is 5. The molecule has 12 nitrogen and oxygen atoms in total. The van der Waals surface area contributed by atoms with E-state index in [-0.39, 0.29) is 56.7 Å². The molecule has 0 aliphatic rings. The van der Waals surface area contributed by atoms with Crippen molar-refractivity contribution in [2.45, 2.75) is 71.5 Å². The highest BCUT2D eigenvalue weighted by Gasteiger charge is 2.37. The van der Waals surface area contributed by atoms with Crippen molar-refractivity contribution in [3.8, 4) is 11.1 Å². The van der Waals surface area contributed by atoms with E-state index in [1.165, 1.54) is 12.0 Å². The molecule has 52 heavy (non-hydrogen) atoms. The standard InChI is InChI=1S/C38H49F2N5O7/c1-38(2,3)36(32-19-26(29-20-27(39)12-13-30(29)40)23-44(32)22-25-9-6-5-7-10-25)45(34(49)24-46)18-16-31(41)37(51)42-17-8-11-28(47)21-43-33(48)14-15-35(50)52-4/h5-7,9-10,12-13,19-20,23,31,36,46H,8,11,14-18,21-22,24,41H2,1-4H3,(H,42,51)(H,43,48)/t31-,36-/m0/s1. The van der Waals surface area contributed by atoms with Gasteiger partial charge in [0.1, 0.15) is 18.2 Å². The molecule has 1 aromatic heterocycles. The number of nitrogens with one attached hydrogen (secondary N) is 2. The van der Waals surface area contributed by atoms with Crippen LogP contribution in [0, 0.1) is 17.0 Å². The van der Waals surface area contributed by atoms with Crippen molar-refractivity contribution in [3.05, 3.63) is 83.7 Å². The van der Waals surface area contributed by atoms with Crippen LogP contribution < -0.4 is 16.4 Å². The number of ether oxygens (including phenoxy) is 1. The number of amides is 3. The number of methoxy groups -OCH3 is 1. The summed E-state index contributed by atoms with van der Waals surface area (Å²) < 4.78 is 35.6. The van der Waals surface area contributed by atoms with Gasteiger partial charge in [0, 0.05) is 55.5 Å². The van der Waals surface area contributed by atoms with Crippen LogP contribution in [0.15, 0.2) is 60.8 Å². The summed E-state index contributed by atoms with van der Waals surface area (Å²) in [5.74, 6) is -3.55. The Morgan fingerprint density at radius 1 is 0.981 bits per heavy atom. The predicted molar refractivity (Wildman–Crippen MR) is 190 cm³/mol. The van der Waals surface area contributed by atoms with Gasteiger partial charge in [0.2, 0.25) is 17.7 Å². The van der Waals surface area contributed by atoms with E-state index in [1.54, 1.807) is 12.3 Å². The minimum Gasteiger partial charge on any atom is -0.469 e. The first-order valence-electron chi connectivity index (χ1n) is 17.1. The summed E-state index contributed by atoms with van der Waals surface area (Å²) >= 11 is 0. The van der Waals surface area contributed by atoms with E-state index in [1.807, 2.05) is 55.7 Å². The SMILES string of the molecule is COC(=O)CCC(=O)NCC(=O)CCCNC(=O)[C@@H](N)CCN(C(=O)CO)[C@@H](c1cc(-c2cc(F)ccc2F)cn1Cc1ccccc1)C(C)(C)C. The number of ketones is 1. The summed E-state index contributed by atoms with van der Waals surface area (Å²) in [6.07, 6.45) is 1.94. The highest BCUT2D eigenvalue weighted by Crippen LogP contribution is 2.41. The van der Waals surface area contributed by atoms with E-state index in [2.05, 4.69) is 15.4 Å². The van der Waals surface area contributed by atoms with Crippen LogP contribution >= 0.6 is 0 Å². The minimum absolute atomic E-state index is 0.00967. The molecule has 0 radical (unpaired) electrons. The van der Waals surface area contributed by atoms with Crippen LogP contribution in [0.4, 0.5) is 8.78 Å². The number of aromatic nitrogens is 1. The van der Waals surface area contributed by atoms with E-state index in [0.29, 0.717) is 24.2 Å². The Balaban J connectivity index is 1.73. The number of nitrogens with zero attached hydrogens (tertiary/aromatic N) is 2. The summed E-state index contributed by atoms with van der Waals surface area (Å²) in [6.45, 7) is 5.23. The fraction of sp³-hybridized carbons (Fsp3) is 0.447. The maximum absolute atomic E-state index is 15.0. The van der Waals surface area contributed by atoms with Gasteiger partial charge in [0.05, 0.1) is 32.2 Å². The summed E-state index contributed by atoms with van der Waals surface area (Å²) in [4.78, 5) is 62.8. The van der Waals surface area contributed by atoms with Crippen molar-refractivity contribution >= 4 is 29.5 Å². The van der Waals surface area contributed by atoms with E-state index in [0.717, 1.165) is 23.8 Å². The number of rotatable bonds is 19. The number of nitrogens with two attached hydrogens (primary N) is 1. The molecule has 0 aliphatic carbocycles. The van der Waals surface area contributed by atoms with Gasteiger partial charge >= 0.3 is 5.97 Å². The third-order valence-electron chi connectivity index (χ3n) is 8.45. The van der Waals surface area contributed by atoms with Crippen molar-refractivity contribution in [2.75, 3.05) is 33.4 Å². The van der Waals surface area contributed by atoms with Gasteiger partial charge in [-0.3, -0.25) is 24.0 Å². The number of hydrogen-bond donors (Lipinski definition) is 4. The first kappa shape index (κ1) is 41.5. The number of aliphatic hydroxyl groups is 1. The maximum Gasteiger partial charge on any atom is 0.306 e. The van der Waals surface area contributed by atoms with E-state index < -0.39 is 59.4 Å². The Morgan fingerprint density at radius 2 is 1.69 bits per heavy atom. The Kier molecular flexibility index (Phi) is 15.6. The first-order chi connectivity index (χ1) is 24.6. The monoisotopic (exact) mass is 725 g/mol. The van der Waals surface area contributed by atoms with Crippen molar-refractivity contribution in [2.24, 2.45) is 11.1 Å². The van der Waals surface area contributed by atoms with Crippen LogP contribution in [-0.2, 0) is 35.3 Å². The zero-order chi connectivity index (χ0) is 38.4. The van der Waals surface area contributed by atoms with Crippen LogP contribution in [-0.4, -0.2) is 83.4 Å². The molecule has 3 amide bonds. The Bertz CT molecular complexity index is 1690. The second kappa shape index (κ2) is 19.6. The van der Waals surface area contributed by atoms with Gasteiger partial charge < -0.3 is 35.7 Å². The highest BCUT2D eigenvalue weighted by molar-refractivity contribution is 5.87. The predicted octanol–water partition coefficient (Wildman–Crippen LogP) is 3.64. The normalized spacial score (nSPS) is 12.5. The average molecular weight is 726 g/mol. The third kappa shape index (κ3) is 12.4. The van der Waals surface area contributed by atoms with E-state index in [9.17, 15) is 37.9 Å². The summed E-state index contributed by atoms with van der Waals surface area (Å²) in [6, 6.07) is 12.7. The lowest BCUT2D eigenvalue weighted by molar-refractivity contribution is -0.142. The molecular weight excluding hydrogens is 676 g/mol. The van der Waals surface area contributed by atoms with Gasteiger partial charge in [0.15, 0.2) is 5.78 Å². The fourth-order valence-corrected chi connectivity index (χ4v) is 5.83. The molecule has 0 aliphatic heterocycles. The number of hydrogen-bond acceptors (Lipinski definition) is 8.